The maximum absolute atomic E-state index is 11.5. The average Bonchev–Trinajstić information content (AvgIpc) is 3.25. The number of benzene rings is 2. The standard InChI is InChI=1S/C24H28N4O4/c1-15(2)31-22-13-17(7-8-20(22)26-16(3)29)18-5-4-6-19(24(18)30)21-14-23(27-32-21)28-11-9-25-10-12-28/h4-8,13-15,25,30H,9-12H2,1-3H3,(H,26,29). The Bertz CT molecular complexity index is 1100. The van der Waals surface area contributed by atoms with Crippen LogP contribution in [0.1, 0.15) is 20.8 Å². The van der Waals surface area contributed by atoms with Crippen LogP contribution in [0.2, 0.25) is 0 Å². The van der Waals surface area contributed by atoms with Gasteiger partial charge >= 0.3 is 0 Å². The van der Waals surface area contributed by atoms with Crippen LogP contribution in [-0.2, 0) is 4.79 Å². The highest BCUT2D eigenvalue weighted by Crippen LogP contribution is 2.41. The summed E-state index contributed by atoms with van der Waals surface area (Å²) < 4.78 is 11.5. The zero-order chi connectivity index (χ0) is 22.7. The number of phenolic OH excluding ortho intramolecular Hbond substituents is 1. The second-order valence-corrected chi connectivity index (χ2v) is 8.05. The molecule has 8 nitrogen and oxygen atoms in total. The van der Waals surface area contributed by atoms with Crippen LogP contribution in [0.5, 0.6) is 11.5 Å². The van der Waals surface area contributed by atoms with E-state index in [-0.39, 0.29) is 17.8 Å². The molecule has 2 heterocycles. The summed E-state index contributed by atoms with van der Waals surface area (Å²) in [6, 6.07) is 12.8. The first-order valence-corrected chi connectivity index (χ1v) is 10.8. The molecule has 1 amide bonds. The molecular weight excluding hydrogens is 408 g/mol. The highest BCUT2D eigenvalue weighted by molar-refractivity contribution is 5.91. The number of amides is 1. The number of phenols is 1. The molecule has 8 heteroatoms. The minimum absolute atomic E-state index is 0.0738. The third-order valence-electron chi connectivity index (χ3n) is 5.21. The van der Waals surface area contributed by atoms with Gasteiger partial charge in [0, 0.05) is 44.7 Å². The molecule has 0 saturated carbocycles. The number of hydrogen-bond donors (Lipinski definition) is 3. The lowest BCUT2D eigenvalue weighted by atomic mass is 9.99. The van der Waals surface area contributed by atoms with E-state index < -0.39 is 0 Å². The van der Waals surface area contributed by atoms with Gasteiger partial charge in [0.15, 0.2) is 11.6 Å². The molecule has 0 radical (unpaired) electrons. The number of aromatic nitrogens is 1. The lowest BCUT2D eigenvalue weighted by Gasteiger charge is -2.26. The molecule has 3 aromatic rings. The van der Waals surface area contributed by atoms with Gasteiger partial charge in [0.25, 0.3) is 0 Å². The second kappa shape index (κ2) is 9.32. The summed E-state index contributed by atoms with van der Waals surface area (Å²) in [5.74, 6) is 1.73. The van der Waals surface area contributed by atoms with Gasteiger partial charge in [-0.25, -0.2) is 0 Å². The summed E-state index contributed by atoms with van der Waals surface area (Å²) in [6.07, 6.45) is -0.0738. The fraction of sp³-hybridized carbons (Fsp3) is 0.333. The summed E-state index contributed by atoms with van der Waals surface area (Å²) >= 11 is 0. The van der Waals surface area contributed by atoms with Crippen LogP contribution >= 0.6 is 0 Å². The van der Waals surface area contributed by atoms with Gasteiger partial charge in [-0.05, 0) is 37.6 Å². The van der Waals surface area contributed by atoms with Gasteiger partial charge in [-0.3, -0.25) is 4.79 Å². The molecule has 0 aliphatic carbocycles. The average molecular weight is 437 g/mol. The Balaban J connectivity index is 1.68. The minimum atomic E-state index is -0.179. The van der Waals surface area contributed by atoms with Crippen LogP contribution < -0.4 is 20.3 Å². The molecule has 1 aromatic heterocycles. The topological polar surface area (TPSA) is 99.9 Å². The number of hydrogen-bond acceptors (Lipinski definition) is 7. The van der Waals surface area contributed by atoms with E-state index in [1.165, 1.54) is 6.92 Å². The molecule has 2 aromatic carbocycles. The van der Waals surface area contributed by atoms with Gasteiger partial charge in [0.1, 0.15) is 11.5 Å². The largest absolute Gasteiger partial charge is 0.507 e. The first-order chi connectivity index (χ1) is 15.4. The number of anilines is 2. The number of rotatable bonds is 6. The van der Waals surface area contributed by atoms with E-state index in [0.29, 0.717) is 28.3 Å². The van der Waals surface area contributed by atoms with Gasteiger partial charge in [-0.15, -0.1) is 0 Å². The van der Waals surface area contributed by atoms with Crippen molar-refractivity contribution in [3.05, 3.63) is 42.5 Å². The van der Waals surface area contributed by atoms with Crippen molar-refractivity contribution in [1.82, 2.24) is 10.5 Å². The molecule has 3 N–H and O–H groups in total. The first kappa shape index (κ1) is 21.7. The number of nitrogens with one attached hydrogen (secondary N) is 2. The number of nitrogens with zero attached hydrogens (tertiary/aromatic N) is 2. The van der Waals surface area contributed by atoms with Crippen molar-refractivity contribution in [1.29, 1.82) is 0 Å². The van der Waals surface area contributed by atoms with Gasteiger partial charge in [-0.1, -0.05) is 23.4 Å². The van der Waals surface area contributed by atoms with Crippen molar-refractivity contribution in [2.45, 2.75) is 26.9 Å². The Kier molecular flexibility index (Phi) is 6.32. The normalized spacial score (nSPS) is 13.9. The van der Waals surface area contributed by atoms with Crippen LogP contribution in [0.4, 0.5) is 11.5 Å². The van der Waals surface area contributed by atoms with Gasteiger partial charge < -0.3 is 29.9 Å². The summed E-state index contributed by atoms with van der Waals surface area (Å²) in [6.45, 7) is 8.81. The van der Waals surface area contributed by atoms with Crippen molar-refractivity contribution >= 4 is 17.4 Å². The lowest BCUT2D eigenvalue weighted by Crippen LogP contribution is -2.43. The zero-order valence-corrected chi connectivity index (χ0v) is 18.5. The highest BCUT2D eigenvalue weighted by Gasteiger charge is 2.19. The highest BCUT2D eigenvalue weighted by atomic mass is 16.5. The Morgan fingerprint density at radius 3 is 2.66 bits per heavy atom. The van der Waals surface area contributed by atoms with Crippen LogP contribution in [0.25, 0.3) is 22.5 Å². The Hall–Kier alpha value is -3.52. The molecular formula is C24H28N4O4. The number of aromatic hydroxyl groups is 1. The van der Waals surface area contributed by atoms with E-state index in [4.69, 9.17) is 9.26 Å². The van der Waals surface area contributed by atoms with Gasteiger partial charge in [0.05, 0.1) is 17.4 Å². The van der Waals surface area contributed by atoms with E-state index in [1.807, 2.05) is 44.2 Å². The van der Waals surface area contributed by atoms with Crippen molar-refractivity contribution in [3.8, 4) is 33.9 Å². The summed E-state index contributed by atoms with van der Waals surface area (Å²) in [5, 5.41) is 21.4. The van der Waals surface area contributed by atoms with Crippen LogP contribution in [0.3, 0.4) is 0 Å². The molecule has 1 fully saturated rings. The SMILES string of the molecule is CC(=O)Nc1ccc(-c2cccc(-c3cc(N4CCNCC4)no3)c2O)cc1OC(C)C. The summed E-state index contributed by atoms with van der Waals surface area (Å²) in [4.78, 5) is 13.7. The molecule has 168 valence electrons. The van der Waals surface area contributed by atoms with Crippen molar-refractivity contribution < 1.29 is 19.2 Å². The molecule has 1 aliphatic heterocycles. The molecule has 32 heavy (non-hydrogen) atoms. The monoisotopic (exact) mass is 436 g/mol. The van der Waals surface area contributed by atoms with Gasteiger partial charge in [0.2, 0.25) is 5.91 Å². The van der Waals surface area contributed by atoms with Crippen molar-refractivity contribution in [3.63, 3.8) is 0 Å². The maximum atomic E-state index is 11.5. The number of ether oxygens (including phenoxy) is 1. The summed E-state index contributed by atoms with van der Waals surface area (Å²) in [5.41, 5.74) is 2.54. The van der Waals surface area contributed by atoms with Crippen molar-refractivity contribution in [2.24, 2.45) is 0 Å². The fourth-order valence-electron chi connectivity index (χ4n) is 3.75. The van der Waals surface area contributed by atoms with E-state index in [2.05, 4.69) is 20.7 Å². The van der Waals surface area contributed by atoms with E-state index >= 15 is 0 Å². The van der Waals surface area contributed by atoms with Crippen LogP contribution in [0.15, 0.2) is 47.0 Å². The van der Waals surface area contributed by atoms with E-state index in [9.17, 15) is 9.90 Å². The predicted molar refractivity (Wildman–Crippen MR) is 124 cm³/mol. The first-order valence-electron chi connectivity index (χ1n) is 10.8. The predicted octanol–water partition coefficient (Wildman–Crippen LogP) is 3.87. The van der Waals surface area contributed by atoms with Crippen LogP contribution in [0, 0.1) is 0 Å². The molecule has 0 bridgehead atoms. The third kappa shape index (κ3) is 4.70. The molecule has 1 aliphatic rings. The molecule has 4 rings (SSSR count). The van der Waals surface area contributed by atoms with Gasteiger partial charge in [-0.2, -0.15) is 0 Å². The fourth-order valence-corrected chi connectivity index (χ4v) is 3.75. The minimum Gasteiger partial charge on any atom is -0.507 e. The molecule has 1 saturated heterocycles. The van der Waals surface area contributed by atoms with Crippen LogP contribution in [-0.4, -0.2) is 48.5 Å². The number of piperazine rings is 1. The van der Waals surface area contributed by atoms with E-state index in [1.54, 1.807) is 12.1 Å². The number of para-hydroxylation sites is 1. The number of carbonyl (C=O) groups is 1. The smallest absolute Gasteiger partial charge is 0.221 e. The van der Waals surface area contributed by atoms with Crippen molar-refractivity contribution in [2.75, 3.05) is 36.4 Å². The molecule has 0 unspecified atom stereocenters. The third-order valence-corrected chi connectivity index (χ3v) is 5.21. The maximum Gasteiger partial charge on any atom is 0.221 e. The molecule has 0 atom stereocenters. The summed E-state index contributed by atoms with van der Waals surface area (Å²) in [7, 11) is 0. The Morgan fingerprint density at radius 1 is 1.19 bits per heavy atom. The second-order valence-electron chi connectivity index (χ2n) is 8.05. The Labute approximate surface area is 187 Å². The zero-order valence-electron chi connectivity index (χ0n) is 18.5. The molecule has 0 spiro atoms. The Morgan fingerprint density at radius 2 is 1.94 bits per heavy atom. The number of carbonyl (C=O) groups excluding carboxylic acids is 1. The quantitative estimate of drug-likeness (QED) is 0.539. The van der Waals surface area contributed by atoms with E-state index in [0.717, 1.165) is 37.6 Å². The lowest BCUT2D eigenvalue weighted by molar-refractivity contribution is -0.114.